The molecule has 0 fully saturated rings. The Labute approximate surface area is 116 Å². The number of benzene rings is 1. The van der Waals surface area contributed by atoms with E-state index in [-0.39, 0.29) is 18.6 Å². The first-order valence-corrected chi connectivity index (χ1v) is 7.23. The molecule has 1 aromatic carbocycles. The number of hydrogen-bond donors (Lipinski definition) is 1. The number of carbonyl (C=O) groups is 1. The van der Waals surface area contributed by atoms with Crippen LogP contribution in [0.2, 0.25) is 0 Å². The van der Waals surface area contributed by atoms with E-state index in [1.165, 1.54) is 19.3 Å². The molecule has 1 rings (SSSR count). The summed E-state index contributed by atoms with van der Waals surface area (Å²) in [6.07, 6.45) is 5.64. The van der Waals surface area contributed by atoms with Crippen LogP contribution in [0.25, 0.3) is 0 Å². The second kappa shape index (κ2) is 9.42. The first-order chi connectivity index (χ1) is 9.26. The van der Waals surface area contributed by atoms with Crippen molar-refractivity contribution in [2.45, 2.75) is 52.0 Å². The Morgan fingerprint density at radius 2 is 1.95 bits per heavy atom. The van der Waals surface area contributed by atoms with Crippen molar-refractivity contribution in [2.75, 3.05) is 6.61 Å². The van der Waals surface area contributed by atoms with Crippen molar-refractivity contribution in [3.05, 3.63) is 30.3 Å². The molecule has 1 aromatic rings. The largest absolute Gasteiger partial charge is 0.484 e. The van der Waals surface area contributed by atoms with Crippen LogP contribution in [-0.2, 0) is 4.79 Å². The number of amides is 1. The van der Waals surface area contributed by atoms with Crippen molar-refractivity contribution in [2.24, 2.45) is 0 Å². The molecule has 1 unspecified atom stereocenters. The van der Waals surface area contributed by atoms with Crippen LogP contribution in [0.3, 0.4) is 0 Å². The third kappa shape index (κ3) is 6.85. The lowest BCUT2D eigenvalue weighted by Crippen LogP contribution is -2.37. The summed E-state index contributed by atoms with van der Waals surface area (Å²) in [6.45, 7) is 4.39. The van der Waals surface area contributed by atoms with Crippen molar-refractivity contribution in [1.82, 2.24) is 5.32 Å². The molecule has 0 aliphatic carbocycles. The Bertz CT molecular complexity index is 351. The van der Waals surface area contributed by atoms with Gasteiger partial charge in [-0.1, -0.05) is 51.3 Å². The minimum atomic E-state index is -0.0350. The quantitative estimate of drug-likeness (QED) is 0.692. The second-order valence-corrected chi connectivity index (χ2v) is 4.77. The highest BCUT2D eigenvalue weighted by Gasteiger charge is 2.10. The first-order valence-electron chi connectivity index (χ1n) is 7.23. The molecular weight excluding hydrogens is 238 g/mol. The van der Waals surface area contributed by atoms with E-state index in [2.05, 4.69) is 19.2 Å². The van der Waals surface area contributed by atoms with Gasteiger partial charge in [0.1, 0.15) is 5.75 Å². The normalized spacial score (nSPS) is 11.9. The summed E-state index contributed by atoms with van der Waals surface area (Å²) in [5.74, 6) is 0.698. The van der Waals surface area contributed by atoms with E-state index < -0.39 is 0 Å². The zero-order valence-corrected chi connectivity index (χ0v) is 12.0. The van der Waals surface area contributed by atoms with E-state index in [4.69, 9.17) is 4.74 Å². The lowest BCUT2D eigenvalue weighted by atomic mass is 10.1. The van der Waals surface area contributed by atoms with Crippen LogP contribution >= 0.6 is 0 Å². The van der Waals surface area contributed by atoms with Crippen LogP contribution in [0.4, 0.5) is 0 Å². The van der Waals surface area contributed by atoms with Crippen molar-refractivity contribution in [3.63, 3.8) is 0 Å². The summed E-state index contributed by atoms with van der Waals surface area (Å²) in [7, 11) is 0. The number of ether oxygens (including phenoxy) is 1. The molecule has 0 aromatic heterocycles. The lowest BCUT2D eigenvalue weighted by Gasteiger charge is -2.17. The van der Waals surface area contributed by atoms with E-state index in [0.717, 1.165) is 18.6 Å². The summed E-state index contributed by atoms with van der Waals surface area (Å²) in [5.41, 5.74) is 0. The van der Waals surface area contributed by atoms with E-state index in [0.29, 0.717) is 0 Å². The van der Waals surface area contributed by atoms with E-state index >= 15 is 0 Å². The highest BCUT2D eigenvalue weighted by molar-refractivity contribution is 5.77. The van der Waals surface area contributed by atoms with Gasteiger partial charge in [-0.25, -0.2) is 0 Å². The van der Waals surface area contributed by atoms with Crippen molar-refractivity contribution >= 4 is 5.91 Å². The maximum absolute atomic E-state index is 11.8. The van der Waals surface area contributed by atoms with Crippen molar-refractivity contribution in [3.8, 4) is 5.75 Å². The van der Waals surface area contributed by atoms with Gasteiger partial charge in [-0.2, -0.15) is 0 Å². The number of unbranched alkanes of at least 4 members (excludes halogenated alkanes) is 2. The lowest BCUT2D eigenvalue weighted by molar-refractivity contribution is -0.123. The Morgan fingerprint density at radius 3 is 2.58 bits per heavy atom. The van der Waals surface area contributed by atoms with Gasteiger partial charge in [-0.3, -0.25) is 4.79 Å². The minimum absolute atomic E-state index is 0.0350. The highest BCUT2D eigenvalue weighted by atomic mass is 16.5. The number of nitrogens with one attached hydrogen (secondary N) is 1. The highest BCUT2D eigenvalue weighted by Crippen LogP contribution is 2.09. The first kappa shape index (κ1) is 15.5. The van der Waals surface area contributed by atoms with Crippen LogP contribution in [0.5, 0.6) is 5.75 Å². The van der Waals surface area contributed by atoms with Crippen LogP contribution < -0.4 is 10.1 Å². The summed E-state index contributed by atoms with van der Waals surface area (Å²) in [4.78, 5) is 11.8. The zero-order chi connectivity index (χ0) is 13.9. The molecule has 1 amide bonds. The Kier molecular flexibility index (Phi) is 7.71. The SMILES string of the molecule is CCCCCC(CC)NC(=O)COc1ccccc1. The maximum Gasteiger partial charge on any atom is 0.258 e. The van der Waals surface area contributed by atoms with Gasteiger partial charge in [-0.05, 0) is 25.0 Å². The van der Waals surface area contributed by atoms with Gasteiger partial charge in [0.15, 0.2) is 6.61 Å². The van der Waals surface area contributed by atoms with Gasteiger partial charge >= 0.3 is 0 Å². The van der Waals surface area contributed by atoms with Gasteiger partial charge in [-0.15, -0.1) is 0 Å². The van der Waals surface area contributed by atoms with Crippen molar-refractivity contribution < 1.29 is 9.53 Å². The molecule has 0 saturated carbocycles. The number of hydrogen-bond acceptors (Lipinski definition) is 2. The average Bonchev–Trinajstić information content (AvgIpc) is 2.45. The molecule has 0 saturated heterocycles. The van der Waals surface area contributed by atoms with Crippen molar-refractivity contribution in [1.29, 1.82) is 0 Å². The standard InChI is InChI=1S/C16H25NO2/c1-3-5-7-10-14(4-2)17-16(18)13-19-15-11-8-6-9-12-15/h6,8-9,11-12,14H,3-5,7,10,13H2,1-2H3,(H,17,18). The fraction of sp³-hybridized carbons (Fsp3) is 0.562. The summed E-state index contributed by atoms with van der Waals surface area (Å²) in [5, 5.41) is 3.03. The molecule has 106 valence electrons. The summed E-state index contributed by atoms with van der Waals surface area (Å²) < 4.78 is 5.43. The molecule has 1 atom stereocenters. The average molecular weight is 263 g/mol. The molecular formula is C16H25NO2. The van der Waals surface area contributed by atoms with Gasteiger partial charge in [0.05, 0.1) is 0 Å². The smallest absolute Gasteiger partial charge is 0.258 e. The fourth-order valence-corrected chi connectivity index (χ4v) is 1.95. The van der Waals surface area contributed by atoms with Gasteiger partial charge in [0, 0.05) is 6.04 Å². The molecule has 0 heterocycles. The third-order valence-corrected chi connectivity index (χ3v) is 3.13. The molecule has 0 radical (unpaired) electrons. The van der Waals surface area contributed by atoms with Crippen LogP contribution in [-0.4, -0.2) is 18.6 Å². The molecule has 1 N–H and O–H groups in total. The summed E-state index contributed by atoms with van der Waals surface area (Å²) >= 11 is 0. The molecule has 0 aliphatic heterocycles. The van der Waals surface area contributed by atoms with E-state index in [1.54, 1.807) is 0 Å². The molecule has 0 bridgehead atoms. The molecule has 3 heteroatoms. The summed E-state index contributed by atoms with van der Waals surface area (Å²) in [6, 6.07) is 9.70. The van der Waals surface area contributed by atoms with E-state index in [9.17, 15) is 4.79 Å². The second-order valence-electron chi connectivity index (χ2n) is 4.77. The molecule has 0 aliphatic rings. The van der Waals surface area contributed by atoms with Crippen LogP contribution in [0, 0.1) is 0 Å². The Balaban J connectivity index is 2.25. The molecule has 0 spiro atoms. The predicted molar refractivity (Wildman–Crippen MR) is 78.3 cm³/mol. The Morgan fingerprint density at radius 1 is 1.21 bits per heavy atom. The molecule has 3 nitrogen and oxygen atoms in total. The monoisotopic (exact) mass is 263 g/mol. The van der Waals surface area contributed by atoms with Gasteiger partial charge in [0.2, 0.25) is 0 Å². The van der Waals surface area contributed by atoms with Gasteiger partial charge in [0.25, 0.3) is 5.91 Å². The number of carbonyl (C=O) groups excluding carboxylic acids is 1. The third-order valence-electron chi connectivity index (χ3n) is 3.13. The predicted octanol–water partition coefficient (Wildman–Crippen LogP) is 3.54. The van der Waals surface area contributed by atoms with E-state index in [1.807, 2.05) is 30.3 Å². The number of para-hydroxylation sites is 1. The number of rotatable bonds is 9. The minimum Gasteiger partial charge on any atom is -0.484 e. The maximum atomic E-state index is 11.8. The van der Waals surface area contributed by atoms with Crippen LogP contribution in [0.15, 0.2) is 30.3 Å². The zero-order valence-electron chi connectivity index (χ0n) is 12.0. The van der Waals surface area contributed by atoms with Gasteiger partial charge < -0.3 is 10.1 Å². The molecule has 19 heavy (non-hydrogen) atoms. The Hall–Kier alpha value is -1.51. The van der Waals surface area contributed by atoms with Crippen LogP contribution in [0.1, 0.15) is 46.0 Å². The topological polar surface area (TPSA) is 38.3 Å². The fourth-order valence-electron chi connectivity index (χ4n) is 1.95.